The molecule has 0 spiro atoms. The Kier molecular flexibility index (Phi) is 4.81. The van der Waals surface area contributed by atoms with Gasteiger partial charge in [0.15, 0.2) is 0 Å². The summed E-state index contributed by atoms with van der Waals surface area (Å²) in [5, 5.41) is 9.15. The molecule has 1 saturated heterocycles. The summed E-state index contributed by atoms with van der Waals surface area (Å²) in [7, 11) is 0. The molecule has 0 amide bonds. The van der Waals surface area contributed by atoms with Crippen molar-refractivity contribution < 1.29 is 9.84 Å². The van der Waals surface area contributed by atoms with Gasteiger partial charge in [0.05, 0.1) is 6.61 Å². The lowest BCUT2D eigenvalue weighted by Gasteiger charge is -2.36. The standard InChI is InChI=1S/C14H22N2O2/c1-2-18-14-8-5-7-13(15-14)16-10-4-3-6-12(16)9-11-17/h5,7-8,12,17H,2-4,6,9-11H2,1H3. The minimum atomic E-state index is 0.242. The summed E-state index contributed by atoms with van der Waals surface area (Å²) < 4.78 is 5.45. The Balaban J connectivity index is 2.14. The van der Waals surface area contributed by atoms with Crippen LogP contribution in [0.4, 0.5) is 5.82 Å². The number of hydrogen-bond donors (Lipinski definition) is 1. The van der Waals surface area contributed by atoms with Gasteiger partial charge in [0, 0.05) is 25.3 Å². The van der Waals surface area contributed by atoms with Gasteiger partial charge in [0.1, 0.15) is 5.82 Å². The molecule has 2 heterocycles. The zero-order valence-electron chi connectivity index (χ0n) is 11.0. The van der Waals surface area contributed by atoms with Crippen LogP contribution in [0.5, 0.6) is 5.88 Å². The van der Waals surface area contributed by atoms with Crippen molar-refractivity contribution in [3.63, 3.8) is 0 Å². The van der Waals surface area contributed by atoms with E-state index in [2.05, 4.69) is 9.88 Å². The third-order valence-corrected chi connectivity index (χ3v) is 3.38. The molecule has 1 unspecified atom stereocenters. The van der Waals surface area contributed by atoms with E-state index >= 15 is 0 Å². The maximum absolute atomic E-state index is 9.15. The molecule has 4 heteroatoms. The molecule has 18 heavy (non-hydrogen) atoms. The number of pyridine rings is 1. The molecule has 1 aliphatic heterocycles. The van der Waals surface area contributed by atoms with E-state index in [1.54, 1.807) is 0 Å². The molecule has 1 N–H and O–H groups in total. The van der Waals surface area contributed by atoms with E-state index in [0.717, 1.165) is 25.2 Å². The summed E-state index contributed by atoms with van der Waals surface area (Å²) in [6.45, 7) is 3.86. The van der Waals surface area contributed by atoms with Crippen LogP contribution in [0.25, 0.3) is 0 Å². The van der Waals surface area contributed by atoms with Crippen molar-refractivity contribution in [2.24, 2.45) is 0 Å². The maximum atomic E-state index is 9.15. The van der Waals surface area contributed by atoms with Crippen LogP contribution in [0, 0.1) is 0 Å². The summed E-state index contributed by atoms with van der Waals surface area (Å²) in [6.07, 6.45) is 4.40. The molecule has 0 aromatic carbocycles. The molecule has 2 rings (SSSR count). The molecule has 0 saturated carbocycles. The minimum Gasteiger partial charge on any atom is -0.478 e. The number of aromatic nitrogens is 1. The van der Waals surface area contributed by atoms with Crippen molar-refractivity contribution >= 4 is 5.82 Å². The van der Waals surface area contributed by atoms with Gasteiger partial charge in [-0.15, -0.1) is 0 Å². The van der Waals surface area contributed by atoms with E-state index in [1.165, 1.54) is 12.8 Å². The summed E-state index contributed by atoms with van der Waals surface area (Å²) in [4.78, 5) is 6.85. The highest BCUT2D eigenvalue weighted by molar-refractivity contribution is 5.42. The largest absolute Gasteiger partial charge is 0.478 e. The van der Waals surface area contributed by atoms with Crippen LogP contribution in [0.2, 0.25) is 0 Å². The van der Waals surface area contributed by atoms with E-state index < -0.39 is 0 Å². The number of aliphatic hydroxyl groups is 1. The molecule has 4 nitrogen and oxygen atoms in total. The molecule has 1 aliphatic rings. The van der Waals surface area contributed by atoms with Gasteiger partial charge in [-0.1, -0.05) is 6.07 Å². The second-order valence-electron chi connectivity index (χ2n) is 4.62. The number of anilines is 1. The summed E-state index contributed by atoms with van der Waals surface area (Å²) >= 11 is 0. The predicted octanol–water partition coefficient (Wildman–Crippen LogP) is 2.22. The van der Waals surface area contributed by atoms with E-state index in [9.17, 15) is 0 Å². The van der Waals surface area contributed by atoms with Crippen LogP contribution in [0.3, 0.4) is 0 Å². The molecule has 1 aromatic rings. The highest BCUT2D eigenvalue weighted by Gasteiger charge is 2.23. The fraction of sp³-hybridized carbons (Fsp3) is 0.643. The van der Waals surface area contributed by atoms with E-state index in [4.69, 9.17) is 9.84 Å². The fourth-order valence-electron chi connectivity index (χ4n) is 2.54. The van der Waals surface area contributed by atoms with Crippen LogP contribution in [-0.4, -0.2) is 35.9 Å². The molecular formula is C14H22N2O2. The Morgan fingerprint density at radius 1 is 1.44 bits per heavy atom. The third kappa shape index (κ3) is 3.13. The molecule has 1 aromatic heterocycles. The average molecular weight is 250 g/mol. The molecule has 0 radical (unpaired) electrons. The first-order valence-electron chi connectivity index (χ1n) is 6.82. The number of piperidine rings is 1. The van der Waals surface area contributed by atoms with Gasteiger partial charge < -0.3 is 14.7 Å². The topological polar surface area (TPSA) is 45.6 Å². The van der Waals surface area contributed by atoms with Crippen molar-refractivity contribution in [1.82, 2.24) is 4.98 Å². The Labute approximate surface area is 109 Å². The molecular weight excluding hydrogens is 228 g/mol. The third-order valence-electron chi connectivity index (χ3n) is 3.38. The summed E-state index contributed by atoms with van der Waals surface area (Å²) in [6, 6.07) is 6.31. The SMILES string of the molecule is CCOc1cccc(N2CCCCC2CCO)n1. The Morgan fingerprint density at radius 2 is 2.33 bits per heavy atom. The second-order valence-corrected chi connectivity index (χ2v) is 4.62. The van der Waals surface area contributed by atoms with Crippen LogP contribution in [-0.2, 0) is 0 Å². The summed E-state index contributed by atoms with van der Waals surface area (Å²) in [5.74, 6) is 1.66. The first-order chi connectivity index (χ1) is 8.85. The second kappa shape index (κ2) is 6.59. The first kappa shape index (κ1) is 13.1. The van der Waals surface area contributed by atoms with Crippen molar-refractivity contribution in [2.45, 2.75) is 38.6 Å². The average Bonchev–Trinajstić information content (AvgIpc) is 2.40. The van der Waals surface area contributed by atoms with Gasteiger partial charge in [0.2, 0.25) is 5.88 Å². The normalized spacial score (nSPS) is 19.9. The molecule has 0 aliphatic carbocycles. The Morgan fingerprint density at radius 3 is 3.11 bits per heavy atom. The lowest BCUT2D eigenvalue weighted by molar-refractivity contribution is 0.262. The molecule has 1 atom stereocenters. The quantitative estimate of drug-likeness (QED) is 0.870. The smallest absolute Gasteiger partial charge is 0.215 e. The van der Waals surface area contributed by atoms with Crippen molar-refractivity contribution in [3.8, 4) is 5.88 Å². The monoisotopic (exact) mass is 250 g/mol. The number of nitrogens with zero attached hydrogens (tertiary/aromatic N) is 2. The Bertz CT molecular complexity index is 369. The molecule has 100 valence electrons. The van der Waals surface area contributed by atoms with Gasteiger partial charge >= 0.3 is 0 Å². The predicted molar refractivity (Wildman–Crippen MR) is 72.1 cm³/mol. The van der Waals surface area contributed by atoms with Gasteiger partial charge in [-0.2, -0.15) is 4.98 Å². The number of rotatable bonds is 5. The first-order valence-corrected chi connectivity index (χ1v) is 6.82. The lowest BCUT2D eigenvalue weighted by Crippen LogP contribution is -2.40. The van der Waals surface area contributed by atoms with Gasteiger partial charge in [-0.3, -0.25) is 0 Å². The zero-order valence-corrected chi connectivity index (χ0v) is 11.0. The van der Waals surface area contributed by atoms with Crippen molar-refractivity contribution in [3.05, 3.63) is 18.2 Å². The molecule has 0 bridgehead atoms. The summed E-state index contributed by atoms with van der Waals surface area (Å²) in [5.41, 5.74) is 0. The van der Waals surface area contributed by atoms with E-state index in [-0.39, 0.29) is 6.61 Å². The lowest BCUT2D eigenvalue weighted by atomic mass is 9.99. The van der Waals surface area contributed by atoms with Crippen LogP contribution in [0.1, 0.15) is 32.6 Å². The maximum Gasteiger partial charge on any atom is 0.215 e. The van der Waals surface area contributed by atoms with Gasteiger partial charge in [0.25, 0.3) is 0 Å². The highest BCUT2D eigenvalue weighted by atomic mass is 16.5. The van der Waals surface area contributed by atoms with E-state index in [0.29, 0.717) is 18.5 Å². The Hall–Kier alpha value is -1.29. The number of hydrogen-bond acceptors (Lipinski definition) is 4. The van der Waals surface area contributed by atoms with Crippen LogP contribution < -0.4 is 9.64 Å². The van der Waals surface area contributed by atoms with Gasteiger partial charge in [-0.25, -0.2) is 0 Å². The minimum absolute atomic E-state index is 0.242. The number of ether oxygens (including phenoxy) is 1. The molecule has 1 fully saturated rings. The van der Waals surface area contributed by atoms with Crippen molar-refractivity contribution in [1.29, 1.82) is 0 Å². The zero-order chi connectivity index (χ0) is 12.8. The highest BCUT2D eigenvalue weighted by Crippen LogP contribution is 2.26. The number of aliphatic hydroxyl groups excluding tert-OH is 1. The van der Waals surface area contributed by atoms with Crippen molar-refractivity contribution in [2.75, 3.05) is 24.7 Å². The van der Waals surface area contributed by atoms with E-state index in [1.807, 2.05) is 25.1 Å². The van der Waals surface area contributed by atoms with Gasteiger partial charge in [-0.05, 0) is 38.7 Å². The van der Waals surface area contributed by atoms with Crippen LogP contribution >= 0.6 is 0 Å². The van der Waals surface area contributed by atoms with Crippen LogP contribution in [0.15, 0.2) is 18.2 Å². The fourth-order valence-corrected chi connectivity index (χ4v) is 2.54.